The van der Waals surface area contributed by atoms with Crippen LogP contribution in [0.1, 0.15) is 67.3 Å². The Labute approximate surface area is 432 Å². The quantitative estimate of drug-likeness (QED) is 0.0149. The molecule has 3 atom stereocenters. The van der Waals surface area contributed by atoms with Crippen LogP contribution in [0, 0.1) is 0 Å². The van der Waals surface area contributed by atoms with Crippen molar-refractivity contribution < 1.29 is 33.5 Å². The number of aromatic nitrogens is 4. The van der Waals surface area contributed by atoms with Gasteiger partial charge < -0.3 is 19.6 Å². The first kappa shape index (κ1) is 49.8. The van der Waals surface area contributed by atoms with Crippen LogP contribution >= 0.6 is 46.6 Å². The Morgan fingerprint density at radius 2 is 1.36 bits per heavy atom. The molecule has 0 radical (unpaired) electrons. The van der Waals surface area contributed by atoms with Gasteiger partial charge in [0.1, 0.15) is 34.7 Å². The van der Waals surface area contributed by atoms with Crippen molar-refractivity contribution >= 4 is 81.3 Å². The highest BCUT2D eigenvalue weighted by Crippen LogP contribution is 2.47. The van der Waals surface area contributed by atoms with Gasteiger partial charge in [-0.15, -0.1) is 40.0 Å². The molecule has 2 aromatic heterocycles. The number of thiazole rings is 1. The second kappa shape index (κ2) is 22.1. The number of amides is 3. The smallest absolute Gasteiger partial charge is 0.413 e. The molecule has 4 heterocycles. The van der Waals surface area contributed by atoms with E-state index >= 15 is 0 Å². The predicted molar refractivity (Wildman–Crippen MR) is 281 cm³/mol. The van der Waals surface area contributed by atoms with Crippen LogP contribution in [0.15, 0.2) is 184 Å². The van der Waals surface area contributed by atoms with E-state index in [2.05, 4.69) is 36.0 Å². The first-order chi connectivity index (χ1) is 34.9. The lowest BCUT2D eigenvalue weighted by Crippen LogP contribution is -2.71. The molecule has 0 bridgehead atoms. The van der Waals surface area contributed by atoms with E-state index in [-0.39, 0.29) is 26.8 Å². The molecular formula is C53H48N8O7S4. The number of oxime groups is 1. The Bertz CT molecular complexity index is 2930. The van der Waals surface area contributed by atoms with E-state index in [0.29, 0.717) is 15.8 Å². The second-order valence-electron chi connectivity index (χ2n) is 17.3. The average molecular weight is 1040 g/mol. The molecule has 2 aliphatic heterocycles. The highest BCUT2D eigenvalue weighted by atomic mass is 32.2. The predicted octanol–water partition coefficient (Wildman–Crippen LogP) is 10.1. The number of esters is 1. The summed E-state index contributed by atoms with van der Waals surface area (Å²) < 4.78 is 11.7. The van der Waals surface area contributed by atoms with Gasteiger partial charge in [0.15, 0.2) is 16.9 Å². The van der Waals surface area contributed by atoms with Crippen molar-refractivity contribution in [2.24, 2.45) is 5.16 Å². The van der Waals surface area contributed by atoms with Gasteiger partial charge in [-0.3, -0.25) is 24.9 Å². The van der Waals surface area contributed by atoms with Crippen LogP contribution < -0.4 is 10.6 Å². The summed E-state index contributed by atoms with van der Waals surface area (Å²) in [4.78, 5) is 75.0. The van der Waals surface area contributed by atoms with E-state index in [1.807, 2.05) is 159 Å². The maximum absolute atomic E-state index is 15.0. The molecule has 2 aliphatic rings. The van der Waals surface area contributed by atoms with E-state index in [0.717, 1.165) is 39.2 Å². The number of carbonyl (C=O) groups is 4. The third kappa shape index (κ3) is 11.1. The summed E-state index contributed by atoms with van der Waals surface area (Å²) in [7, 11) is 0. The molecule has 1 unspecified atom stereocenters. The van der Waals surface area contributed by atoms with Crippen molar-refractivity contribution in [1.82, 2.24) is 30.4 Å². The largest absolute Gasteiger partial charge is 0.448 e. The summed E-state index contributed by atoms with van der Waals surface area (Å²) in [5, 5.41) is 18.6. The lowest BCUT2D eigenvalue weighted by atomic mass is 9.80. The number of hydrogen-bond acceptors (Lipinski definition) is 15. The first-order valence-electron chi connectivity index (χ1n) is 22.8. The number of rotatable bonds is 17. The van der Waals surface area contributed by atoms with Crippen LogP contribution in [0.25, 0.3) is 0 Å². The Kier molecular flexibility index (Phi) is 15.3. The van der Waals surface area contributed by atoms with Gasteiger partial charge in [0.05, 0.1) is 4.58 Å². The van der Waals surface area contributed by atoms with E-state index in [9.17, 15) is 19.2 Å². The molecule has 15 nitrogen and oxygen atoms in total. The number of thioether (sulfide) groups is 3. The van der Waals surface area contributed by atoms with Crippen molar-refractivity contribution in [3.8, 4) is 0 Å². The lowest BCUT2D eigenvalue weighted by Gasteiger charge is -2.49. The third-order valence-corrected chi connectivity index (χ3v) is 15.7. The van der Waals surface area contributed by atoms with Crippen LogP contribution in [-0.4, -0.2) is 82.0 Å². The van der Waals surface area contributed by atoms with Gasteiger partial charge in [-0.1, -0.05) is 169 Å². The normalized spacial score (nSPS) is 16.3. The number of β-lactam (4-membered cyclic amide) rings is 1. The van der Waals surface area contributed by atoms with Crippen molar-refractivity contribution in [1.29, 1.82) is 0 Å². The fourth-order valence-electron chi connectivity index (χ4n) is 8.08. The van der Waals surface area contributed by atoms with Crippen LogP contribution in [-0.2, 0) is 34.3 Å². The van der Waals surface area contributed by atoms with Gasteiger partial charge in [-0.25, -0.2) is 19.6 Å². The third-order valence-electron chi connectivity index (χ3n) is 11.2. The summed E-state index contributed by atoms with van der Waals surface area (Å²) in [6.45, 7) is 7.19. The molecule has 1 fully saturated rings. The van der Waals surface area contributed by atoms with E-state index in [4.69, 9.17) is 14.3 Å². The summed E-state index contributed by atoms with van der Waals surface area (Å²) in [5.41, 5.74) is 1.34. The highest BCUT2D eigenvalue weighted by molar-refractivity contribution is 8.19. The van der Waals surface area contributed by atoms with Crippen LogP contribution in [0.4, 0.5) is 9.93 Å². The zero-order valence-corrected chi connectivity index (χ0v) is 42.6. The second-order valence-corrected chi connectivity index (χ2v) is 22.3. The van der Waals surface area contributed by atoms with Crippen molar-refractivity contribution in [3.63, 3.8) is 0 Å². The number of anilines is 1. The van der Waals surface area contributed by atoms with E-state index in [1.165, 1.54) is 46.5 Å². The van der Waals surface area contributed by atoms with Gasteiger partial charge in [-0.2, -0.15) is 0 Å². The lowest BCUT2D eigenvalue weighted by molar-refractivity contribution is -0.154. The minimum atomic E-state index is -1.39. The number of fused-ring (bicyclic) bond motifs is 1. The number of hydrogen-bond donors (Lipinski definition) is 3. The maximum atomic E-state index is 15.0. The molecule has 9 rings (SSSR count). The Morgan fingerprint density at radius 3 is 1.89 bits per heavy atom. The molecule has 3 N–H and O–H groups in total. The molecule has 3 amide bonds. The first-order valence-corrected chi connectivity index (χ1v) is 26.4. The van der Waals surface area contributed by atoms with Gasteiger partial charge in [0, 0.05) is 32.7 Å². The molecule has 5 aromatic carbocycles. The topological polar surface area (TPSA) is 190 Å². The SMILES string of the molecule is CC(SC1=C(C(=O)OC(c2ccccc2)c2ccccc2)N2C(=O)[C@@H](NC(=O)/C(=N\OC(c3ccccc3)(c3ccccc3)c3ccccc3)c3csc(NC(=O)OC(C)(C)C)n3)[C@@H]2SC1)Sc1nc[nH]n1. The molecular weight excluding hydrogens is 989 g/mol. The average Bonchev–Trinajstić information content (AvgIpc) is 4.09. The molecule has 366 valence electrons. The number of H-pyrrole nitrogens is 1. The molecule has 19 heteroatoms. The monoisotopic (exact) mass is 1040 g/mol. The van der Waals surface area contributed by atoms with Gasteiger partial charge in [0.25, 0.3) is 11.8 Å². The van der Waals surface area contributed by atoms with Crippen molar-refractivity contribution in [2.75, 3.05) is 11.1 Å². The summed E-state index contributed by atoms with van der Waals surface area (Å²) in [6, 6.07) is 46.2. The maximum Gasteiger partial charge on any atom is 0.413 e. The molecule has 0 aliphatic carbocycles. The molecule has 72 heavy (non-hydrogen) atoms. The fraction of sp³-hybridized carbons (Fsp3) is 0.208. The van der Waals surface area contributed by atoms with Crippen LogP contribution in [0.3, 0.4) is 0 Å². The zero-order valence-electron chi connectivity index (χ0n) is 39.3. The highest BCUT2D eigenvalue weighted by Gasteiger charge is 2.55. The summed E-state index contributed by atoms with van der Waals surface area (Å²) in [5.74, 6) is -1.70. The number of nitrogens with zero attached hydrogens (tertiary/aromatic N) is 5. The van der Waals surface area contributed by atoms with Gasteiger partial charge in [0.2, 0.25) is 10.8 Å². The number of carbonyl (C=O) groups excluding carboxylic acids is 4. The van der Waals surface area contributed by atoms with E-state index in [1.54, 1.807) is 26.2 Å². The summed E-state index contributed by atoms with van der Waals surface area (Å²) in [6.07, 6.45) is -0.0376. The summed E-state index contributed by atoms with van der Waals surface area (Å²) >= 11 is 5.26. The fourth-order valence-corrected chi connectivity index (χ4v) is 12.4. The standard InChI is InChI=1S/C53H48N8O7S4/c1-33(72-49-54-32-55-59-49)71-40-31-69-47-42(46(63)61(47)43(40)48(64)66-44(34-20-10-5-11-21-34)35-22-12-6-13-23-35)57-45(62)41(39-30-70-50(56-39)58-51(65)67-52(2,3)4)60-68-53(36-24-14-7-15-25-36,37-26-16-8-17-27-37)38-28-18-9-19-29-38/h5-30,32-33,42,44,47H,31H2,1-4H3,(H,57,62)(H,54,55,59)(H,56,58,65)/b60-41-/t33?,42-,47+/m1/s1. The number of aromatic amines is 1. The Morgan fingerprint density at radius 1 is 0.806 bits per heavy atom. The zero-order chi connectivity index (χ0) is 50.2. The van der Waals surface area contributed by atoms with Crippen molar-refractivity contribution in [2.45, 2.75) is 66.2 Å². The number of nitrogens with one attached hydrogen (secondary N) is 3. The van der Waals surface area contributed by atoms with Gasteiger partial charge in [-0.05, 0) is 38.8 Å². The van der Waals surface area contributed by atoms with Crippen LogP contribution in [0.2, 0.25) is 0 Å². The van der Waals surface area contributed by atoms with Gasteiger partial charge >= 0.3 is 12.1 Å². The Hall–Kier alpha value is -7.19. The van der Waals surface area contributed by atoms with Crippen LogP contribution in [0.5, 0.6) is 0 Å². The number of ether oxygens (including phenoxy) is 2. The molecule has 0 saturated carbocycles. The molecule has 0 spiro atoms. The minimum absolute atomic E-state index is 0.0557. The number of benzene rings is 5. The molecule has 7 aromatic rings. The molecule has 1 saturated heterocycles. The Balaban J connectivity index is 1.06. The van der Waals surface area contributed by atoms with E-state index < -0.39 is 52.6 Å². The minimum Gasteiger partial charge on any atom is -0.448 e. The van der Waals surface area contributed by atoms with Crippen molar-refractivity contribution in [3.05, 3.63) is 207 Å².